The van der Waals surface area contributed by atoms with Crippen LogP contribution in [0.4, 0.5) is 5.69 Å². The first kappa shape index (κ1) is 15.2. The second-order valence-electron chi connectivity index (χ2n) is 5.14. The van der Waals surface area contributed by atoms with E-state index in [1.54, 1.807) is 0 Å². The maximum absolute atomic E-state index is 12.0. The molecule has 0 bridgehead atoms. The molecule has 0 unspecified atom stereocenters. The Bertz CT molecular complexity index is 521. The summed E-state index contributed by atoms with van der Waals surface area (Å²) in [6, 6.07) is 7.56. The quantitative estimate of drug-likeness (QED) is 0.773. The van der Waals surface area contributed by atoms with Crippen LogP contribution < -0.4 is 5.32 Å². The third-order valence-corrected chi connectivity index (χ3v) is 4.46. The molecule has 0 saturated carbocycles. The number of anilines is 1. The Balaban J connectivity index is 1.90. The van der Waals surface area contributed by atoms with Gasteiger partial charge in [-0.1, -0.05) is 19.1 Å². The highest BCUT2D eigenvalue weighted by molar-refractivity contribution is 14.1. The molecule has 6 heteroatoms. The van der Waals surface area contributed by atoms with E-state index < -0.39 is 5.97 Å². The lowest BCUT2D eigenvalue weighted by atomic mass is 9.99. The topological polar surface area (TPSA) is 69.6 Å². The van der Waals surface area contributed by atoms with Gasteiger partial charge < -0.3 is 10.4 Å². The number of para-hydroxylation sites is 1. The molecule has 1 heterocycles. The summed E-state index contributed by atoms with van der Waals surface area (Å²) in [5.74, 6) is -1.18. The molecular weight excluding hydrogens is 371 g/mol. The van der Waals surface area contributed by atoms with Crippen LogP contribution in [0.2, 0.25) is 0 Å². The van der Waals surface area contributed by atoms with Gasteiger partial charge in [-0.25, -0.2) is 0 Å². The van der Waals surface area contributed by atoms with E-state index in [-0.39, 0.29) is 24.3 Å². The van der Waals surface area contributed by atoms with Crippen molar-refractivity contribution < 1.29 is 14.7 Å². The first-order chi connectivity index (χ1) is 9.47. The van der Waals surface area contributed by atoms with Crippen LogP contribution in [0.15, 0.2) is 24.3 Å². The molecule has 108 valence electrons. The van der Waals surface area contributed by atoms with Crippen molar-refractivity contribution in [3.8, 4) is 0 Å². The smallest absolute Gasteiger partial charge is 0.308 e. The van der Waals surface area contributed by atoms with Gasteiger partial charge in [0.2, 0.25) is 5.91 Å². The predicted molar refractivity (Wildman–Crippen MR) is 84.5 cm³/mol. The average molecular weight is 388 g/mol. The average Bonchev–Trinajstić information content (AvgIpc) is 2.73. The van der Waals surface area contributed by atoms with Crippen molar-refractivity contribution in [2.75, 3.05) is 25.0 Å². The van der Waals surface area contributed by atoms with Crippen LogP contribution in [0.5, 0.6) is 0 Å². The first-order valence-corrected chi connectivity index (χ1v) is 7.55. The highest BCUT2D eigenvalue weighted by Gasteiger charge is 2.35. The van der Waals surface area contributed by atoms with Crippen molar-refractivity contribution in [3.63, 3.8) is 0 Å². The van der Waals surface area contributed by atoms with E-state index in [4.69, 9.17) is 5.11 Å². The van der Waals surface area contributed by atoms with Crippen LogP contribution >= 0.6 is 22.6 Å². The molecule has 1 aromatic rings. The monoisotopic (exact) mass is 388 g/mol. The molecule has 2 N–H and O–H groups in total. The highest BCUT2D eigenvalue weighted by Crippen LogP contribution is 2.23. The van der Waals surface area contributed by atoms with Gasteiger partial charge in [-0.05, 0) is 40.6 Å². The maximum atomic E-state index is 12.0. The number of rotatable bonds is 4. The Labute approximate surface area is 131 Å². The zero-order valence-corrected chi connectivity index (χ0v) is 13.3. The van der Waals surface area contributed by atoms with E-state index in [1.807, 2.05) is 36.1 Å². The summed E-state index contributed by atoms with van der Waals surface area (Å²) in [6.07, 6.45) is 0. The number of halogens is 1. The van der Waals surface area contributed by atoms with Gasteiger partial charge in [-0.3, -0.25) is 14.5 Å². The number of nitrogens with zero attached hydrogens (tertiary/aromatic N) is 1. The van der Waals surface area contributed by atoms with Gasteiger partial charge in [0.05, 0.1) is 18.2 Å². The van der Waals surface area contributed by atoms with Crippen molar-refractivity contribution in [3.05, 3.63) is 27.8 Å². The molecule has 20 heavy (non-hydrogen) atoms. The second-order valence-corrected chi connectivity index (χ2v) is 6.31. The molecule has 1 aromatic carbocycles. The summed E-state index contributed by atoms with van der Waals surface area (Å²) in [6.45, 7) is 3.24. The number of hydrogen-bond acceptors (Lipinski definition) is 3. The summed E-state index contributed by atoms with van der Waals surface area (Å²) >= 11 is 2.17. The lowest BCUT2D eigenvalue weighted by Gasteiger charge is -2.15. The van der Waals surface area contributed by atoms with E-state index in [2.05, 4.69) is 27.9 Å². The second kappa shape index (κ2) is 6.53. The summed E-state index contributed by atoms with van der Waals surface area (Å²) in [5, 5.41) is 11.9. The van der Waals surface area contributed by atoms with Crippen molar-refractivity contribution in [1.82, 2.24) is 4.90 Å². The highest BCUT2D eigenvalue weighted by atomic mass is 127. The predicted octanol–water partition coefficient (Wildman–Crippen LogP) is 1.88. The Hall–Kier alpha value is -1.15. The van der Waals surface area contributed by atoms with Crippen molar-refractivity contribution in [1.29, 1.82) is 0 Å². The van der Waals surface area contributed by atoms with Crippen LogP contribution in [0.25, 0.3) is 0 Å². The van der Waals surface area contributed by atoms with Crippen LogP contribution in [0.3, 0.4) is 0 Å². The number of carboxylic acid groups (broad SMARTS) is 1. The van der Waals surface area contributed by atoms with Gasteiger partial charge in [-0.15, -0.1) is 0 Å². The minimum Gasteiger partial charge on any atom is -0.481 e. The third kappa shape index (κ3) is 3.69. The fourth-order valence-corrected chi connectivity index (χ4v) is 3.00. The molecule has 1 fully saturated rings. The van der Waals surface area contributed by atoms with Crippen LogP contribution in [-0.2, 0) is 9.59 Å². The number of hydrogen-bond donors (Lipinski definition) is 2. The number of benzene rings is 1. The van der Waals surface area contributed by atoms with Gasteiger partial charge in [0.25, 0.3) is 0 Å². The number of carbonyl (C=O) groups excluding carboxylic acids is 1. The largest absolute Gasteiger partial charge is 0.481 e. The number of amides is 1. The van der Waals surface area contributed by atoms with E-state index in [0.717, 1.165) is 9.26 Å². The first-order valence-electron chi connectivity index (χ1n) is 6.47. The summed E-state index contributed by atoms with van der Waals surface area (Å²) in [7, 11) is 0. The fraction of sp³-hybridized carbons (Fsp3) is 0.429. The van der Waals surface area contributed by atoms with Crippen molar-refractivity contribution in [2.24, 2.45) is 11.8 Å². The normalized spacial score (nSPS) is 22.7. The molecule has 1 amide bonds. The fourth-order valence-electron chi connectivity index (χ4n) is 2.47. The van der Waals surface area contributed by atoms with Gasteiger partial charge in [0.15, 0.2) is 0 Å². The lowest BCUT2D eigenvalue weighted by Crippen LogP contribution is -2.32. The molecule has 0 aromatic heterocycles. The summed E-state index contributed by atoms with van der Waals surface area (Å²) in [5.41, 5.74) is 0.792. The van der Waals surface area contributed by atoms with Crippen LogP contribution in [-0.4, -0.2) is 41.5 Å². The number of aliphatic carboxylic acids is 1. The summed E-state index contributed by atoms with van der Waals surface area (Å²) < 4.78 is 0.983. The maximum Gasteiger partial charge on any atom is 0.308 e. The molecule has 0 radical (unpaired) electrons. The Morgan fingerprint density at radius 3 is 2.70 bits per heavy atom. The zero-order valence-electron chi connectivity index (χ0n) is 11.2. The Morgan fingerprint density at radius 1 is 1.40 bits per heavy atom. The molecule has 1 saturated heterocycles. The van der Waals surface area contributed by atoms with Gasteiger partial charge in [-0.2, -0.15) is 0 Å². The molecule has 0 spiro atoms. The minimum absolute atomic E-state index is 0.0807. The minimum atomic E-state index is -0.780. The van der Waals surface area contributed by atoms with Gasteiger partial charge in [0.1, 0.15) is 0 Å². The zero-order chi connectivity index (χ0) is 14.7. The summed E-state index contributed by atoms with van der Waals surface area (Å²) in [4.78, 5) is 24.9. The third-order valence-electron chi connectivity index (χ3n) is 3.52. The molecule has 2 atom stereocenters. The van der Waals surface area contributed by atoms with Crippen LogP contribution in [0.1, 0.15) is 6.92 Å². The van der Waals surface area contributed by atoms with Gasteiger partial charge in [0, 0.05) is 16.7 Å². The number of carboxylic acids is 1. The Kier molecular flexibility index (Phi) is 4.98. The lowest BCUT2D eigenvalue weighted by molar-refractivity contribution is -0.142. The molecule has 5 nitrogen and oxygen atoms in total. The van der Waals surface area contributed by atoms with E-state index in [9.17, 15) is 9.59 Å². The van der Waals surface area contributed by atoms with Gasteiger partial charge >= 0.3 is 5.97 Å². The number of likely N-dealkylation sites (tertiary alicyclic amines) is 1. The standard InChI is InChI=1S/C14H17IN2O3/c1-9-6-17(7-10(9)14(19)20)8-13(18)16-12-5-3-2-4-11(12)15/h2-5,9-10H,6-8H2,1H3,(H,16,18)(H,19,20)/t9-,10-/m1/s1. The Morgan fingerprint density at radius 2 is 2.10 bits per heavy atom. The molecule has 0 aliphatic carbocycles. The van der Waals surface area contributed by atoms with Crippen molar-refractivity contribution >= 4 is 40.2 Å². The molecular formula is C14H17IN2O3. The SMILES string of the molecule is C[C@@H]1CN(CC(=O)Nc2ccccc2I)C[C@H]1C(=O)O. The molecule has 1 aliphatic rings. The van der Waals surface area contributed by atoms with E-state index >= 15 is 0 Å². The van der Waals surface area contributed by atoms with Crippen molar-refractivity contribution in [2.45, 2.75) is 6.92 Å². The number of carbonyl (C=O) groups is 2. The van der Waals surface area contributed by atoms with E-state index in [1.165, 1.54) is 0 Å². The number of nitrogens with one attached hydrogen (secondary N) is 1. The molecule has 1 aliphatic heterocycles. The van der Waals surface area contributed by atoms with Crippen LogP contribution in [0, 0.1) is 15.4 Å². The van der Waals surface area contributed by atoms with E-state index in [0.29, 0.717) is 13.1 Å². The molecule has 2 rings (SSSR count).